The van der Waals surface area contributed by atoms with Crippen LogP contribution in [0.2, 0.25) is 0 Å². The molecule has 0 saturated carbocycles. The smallest absolute Gasteiger partial charge is 0.241 e. The minimum atomic E-state index is -3.83. The first kappa shape index (κ1) is 11.7. The van der Waals surface area contributed by atoms with Gasteiger partial charge < -0.3 is 9.53 Å². The van der Waals surface area contributed by atoms with Gasteiger partial charge in [0.2, 0.25) is 10.0 Å². The molecule has 0 atom stereocenters. The number of hydrogen-bond donors (Lipinski definition) is 1. The number of hydrogen-bond acceptors (Lipinski definition) is 4. The highest BCUT2D eigenvalue weighted by molar-refractivity contribution is 7.89. The molecule has 1 rings (SSSR count). The summed E-state index contributed by atoms with van der Waals surface area (Å²) in [6.45, 7) is 0. The lowest BCUT2D eigenvalue weighted by molar-refractivity contribution is -0.107. The summed E-state index contributed by atoms with van der Waals surface area (Å²) in [6, 6.07) is 4.42. The summed E-state index contributed by atoms with van der Waals surface area (Å²) in [5.74, 6) is 0.173. The van der Waals surface area contributed by atoms with Crippen LogP contribution in [0.3, 0.4) is 0 Å². The van der Waals surface area contributed by atoms with Crippen LogP contribution in [0.25, 0.3) is 0 Å². The lowest BCUT2D eigenvalue weighted by atomic mass is 10.2. The molecule has 2 N–H and O–H groups in total. The maximum Gasteiger partial charge on any atom is 0.241 e. The van der Waals surface area contributed by atoms with Gasteiger partial charge in [-0.1, -0.05) is 6.07 Å². The number of primary sulfonamides is 1. The van der Waals surface area contributed by atoms with E-state index in [0.29, 0.717) is 11.8 Å². The Morgan fingerprint density at radius 1 is 1.47 bits per heavy atom. The van der Waals surface area contributed by atoms with Gasteiger partial charge in [0.05, 0.1) is 7.11 Å². The summed E-state index contributed by atoms with van der Waals surface area (Å²) >= 11 is 0. The Morgan fingerprint density at radius 2 is 2.13 bits per heavy atom. The van der Waals surface area contributed by atoms with Crippen LogP contribution in [0.15, 0.2) is 23.1 Å². The summed E-state index contributed by atoms with van der Waals surface area (Å²) in [5, 5.41) is 5.00. The van der Waals surface area contributed by atoms with E-state index in [1.54, 1.807) is 6.07 Å². The summed E-state index contributed by atoms with van der Waals surface area (Å²) < 4.78 is 27.2. The maximum absolute atomic E-state index is 11.2. The molecule has 1 aromatic carbocycles. The van der Waals surface area contributed by atoms with E-state index in [9.17, 15) is 13.2 Å². The first-order valence-corrected chi connectivity index (χ1v) is 5.67. The second-order valence-electron chi connectivity index (χ2n) is 2.90. The highest BCUT2D eigenvalue weighted by Crippen LogP contribution is 2.23. The van der Waals surface area contributed by atoms with Crippen LogP contribution in [-0.4, -0.2) is 21.8 Å². The van der Waals surface area contributed by atoms with E-state index in [0.717, 1.165) is 0 Å². The molecule has 5 nitrogen and oxygen atoms in total. The van der Waals surface area contributed by atoms with Crippen molar-refractivity contribution < 1.29 is 17.9 Å². The molecule has 6 heteroatoms. The monoisotopic (exact) mass is 229 g/mol. The zero-order valence-corrected chi connectivity index (χ0v) is 8.95. The van der Waals surface area contributed by atoms with Gasteiger partial charge in [-0.25, -0.2) is 13.6 Å². The van der Waals surface area contributed by atoms with Crippen molar-refractivity contribution in [1.29, 1.82) is 0 Å². The van der Waals surface area contributed by atoms with Crippen LogP contribution in [0, 0.1) is 0 Å². The van der Waals surface area contributed by atoms with E-state index < -0.39 is 10.0 Å². The van der Waals surface area contributed by atoms with Gasteiger partial charge >= 0.3 is 0 Å². The Bertz CT molecular complexity index is 467. The summed E-state index contributed by atoms with van der Waals surface area (Å²) in [4.78, 5) is 10.2. The van der Waals surface area contributed by atoms with Crippen LogP contribution in [0.5, 0.6) is 5.75 Å². The van der Waals surface area contributed by atoms with Crippen LogP contribution < -0.4 is 9.88 Å². The lowest BCUT2D eigenvalue weighted by Gasteiger charge is -2.07. The molecule has 0 unspecified atom stereocenters. The van der Waals surface area contributed by atoms with Crippen molar-refractivity contribution in [2.75, 3.05) is 7.11 Å². The number of aldehydes is 1. The molecule has 0 radical (unpaired) electrons. The van der Waals surface area contributed by atoms with Gasteiger partial charge in [-0.15, -0.1) is 0 Å². The zero-order chi connectivity index (χ0) is 11.5. The van der Waals surface area contributed by atoms with Gasteiger partial charge in [-0.2, -0.15) is 0 Å². The van der Waals surface area contributed by atoms with E-state index in [-0.39, 0.29) is 17.1 Å². The molecule has 0 heterocycles. The Kier molecular flexibility index (Phi) is 3.43. The molecule has 0 spiro atoms. The molecule has 0 saturated heterocycles. The first-order valence-electron chi connectivity index (χ1n) is 4.12. The fourth-order valence-electron chi connectivity index (χ4n) is 1.17. The topological polar surface area (TPSA) is 86.5 Å². The summed E-state index contributed by atoms with van der Waals surface area (Å²) in [7, 11) is -2.48. The van der Waals surface area contributed by atoms with E-state index in [4.69, 9.17) is 9.88 Å². The van der Waals surface area contributed by atoms with Crippen molar-refractivity contribution in [2.45, 2.75) is 11.3 Å². The Balaban J connectivity index is 3.32. The lowest BCUT2D eigenvalue weighted by Crippen LogP contribution is -2.13. The third-order valence-corrected chi connectivity index (χ3v) is 2.79. The zero-order valence-electron chi connectivity index (χ0n) is 8.14. The number of carbonyl (C=O) groups excluding carboxylic acids is 1. The number of carbonyl (C=O) groups is 1. The van der Waals surface area contributed by atoms with Crippen LogP contribution in [0.1, 0.15) is 5.56 Å². The Labute approximate surface area is 87.9 Å². The number of ether oxygens (including phenoxy) is 1. The average Bonchev–Trinajstić information content (AvgIpc) is 2.17. The second-order valence-corrected chi connectivity index (χ2v) is 4.43. The predicted molar refractivity (Wildman–Crippen MR) is 54.1 cm³/mol. The van der Waals surface area contributed by atoms with Crippen molar-refractivity contribution in [1.82, 2.24) is 0 Å². The third-order valence-electron chi connectivity index (χ3n) is 1.85. The predicted octanol–water partition coefficient (Wildman–Crippen LogP) is 0.0840. The van der Waals surface area contributed by atoms with Crippen molar-refractivity contribution in [3.63, 3.8) is 0 Å². The van der Waals surface area contributed by atoms with Crippen LogP contribution in [-0.2, 0) is 21.2 Å². The molecule has 0 aliphatic rings. The van der Waals surface area contributed by atoms with Crippen molar-refractivity contribution in [2.24, 2.45) is 5.14 Å². The number of nitrogens with two attached hydrogens (primary N) is 1. The van der Waals surface area contributed by atoms with Gasteiger partial charge in [-0.3, -0.25) is 0 Å². The highest BCUT2D eigenvalue weighted by Gasteiger charge is 2.15. The summed E-state index contributed by atoms with van der Waals surface area (Å²) in [5.41, 5.74) is 0.579. The summed E-state index contributed by atoms with van der Waals surface area (Å²) in [6.07, 6.45) is 0.835. The van der Waals surface area contributed by atoms with Crippen molar-refractivity contribution >= 4 is 16.3 Å². The van der Waals surface area contributed by atoms with Gasteiger partial charge in [0.1, 0.15) is 16.9 Å². The van der Waals surface area contributed by atoms with Gasteiger partial charge in [0.15, 0.2) is 0 Å². The molecular formula is C9H11NO4S. The standard InChI is InChI=1S/C9H11NO4S/c1-14-8-3-2-7(4-5-11)6-9(8)15(10,12)13/h2-3,5-6H,4H2,1H3,(H2,10,12,13). The normalized spacial score (nSPS) is 11.1. The largest absolute Gasteiger partial charge is 0.495 e. The van der Waals surface area contributed by atoms with Crippen molar-refractivity contribution in [3.05, 3.63) is 23.8 Å². The van der Waals surface area contributed by atoms with Gasteiger partial charge in [-0.05, 0) is 17.7 Å². The molecular weight excluding hydrogens is 218 g/mol. The molecule has 0 aliphatic heterocycles. The molecule has 82 valence electrons. The van der Waals surface area contributed by atoms with Gasteiger partial charge in [0, 0.05) is 6.42 Å². The minimum Gasteiger partial charge on any atom is -0.495 e. The minimum absolute atomic E-state index is 0.107. The first-order chi connectivity index (χ1) is 6.99. The van der Waals surface area contributed by atoms with Gasteiger partial charge in [0.25, 0.3) is 0 Å². The molecule has 0 amide bonds. The Morgan fingerprint density at radius 3 is 2.60 bits per heavy atom. The molecule has 1 aromatic rings. The fourth-order valence-corrected chi connectivity index (χ4v) is 1.91. The van der Waals surface area contributed by atoms with E-state index in [2.05, 4.69) is 0 Å². The second kappa shape index (κ2) is 4.41. The molecule has 0 aromatic heterocycles. The molecule has 15 heavy (non-hydrogen) atoms. The fraction of sp³-hybridized carbons (Fsp3) is 0.222. The van der Waals surface area contributed by atoms with E-state index in [1.165, 1.54) is 19.2 Å². The number of benzene rings is 1. The van der Waals surface area contributed by atoms with E-state index in [1.807, 2.05) is 0 Å². The third kappa shape index (κ3) is 2.77. The number of rotatable bonds is 4. The SMILES string of the molecule is COc1ccc(CC=O)cc1S(N)(=O)=O. The average molecular weight is 229 g/mol. The van der Waals surface area contributed by atoms with Crippen LogP contribution in [0.4, 0.5) is 0 Å². The Hall–Kier alpha value is -1.40. The van der Waals surface area contributed by atoms with E-state index >= 15 is 0 Å². The maximum atomic E-state index is 11.2. The number of sulfonamides is 1. The molecule has 0 fully saturated rings. The quantitative estimate of drug-likeness (QED) is 0.741. The number of methoxy groups -OCH3 is 1. The van der Waals surface area contributed by atoms with Crippen LogP contribution >= 0.6 is 0 Å². The van der Waals surface area contributed by atoms with Crippen molar-refractivity contribution in [3.8, 4) is 5.75 Å². The highest BCUT2D eigenvalue weighted by atomic mass is 32.2. The molecule has 0 aliphatic carbocycles. The molecule has 0 bridgehead atoms.